The summed E-state index contributed by atoms with van der Waals surface area (Å²) in [5.74, 6) is 1.31. The molecule has 3 heteroatoms. The normalized spacial score (nSPS) is 21.6. The first-order valence-corrected chi connectivity index (χ1v) is 6.83. The highest BCUT2D eigenvalue weighted by Gasteiger charge is 2.22. The van der Waals surface area contributed by atoms with Gasteiger partial charge in [-0.1, -0.05) is 6.92 Å². The molecule has 2 atom stereocenters. The van der Waals surface area contributed by atoms with Crippen LogP contribution >= 0.6 is 0 Å². The van der Waals surface area contributed by atoms with E-state index in [0.717, 1.165) is 24.3 Å². The molecule has 1 aliphatic heterocycles. The molecule has 1 N–H and O–H groups in total. The number of hydrogen-bond donors (Lipinski definition) is 1. The van der Waals surface area contributed by atoms with E-state index in [9.17, 15) is 4.79 Å². The monoisotopic (exact) mass is 246 g/mol. The van der Waals surface area contributed by atoms with Crippen LogP contribution in [0.4, 0.5) is 0 Å². The van der Waals surface area contributed by atoms with Gasteiger partial charge in [0.25, 0.3) is 0 Å². The molecule has 1 saturated heterocycles. The van der Waals surface area contributed by atoms with E-state index in [2.05, 4.69) is 17.2 Å². The fraction of sp³-hybridized carbons (Fsp3) is 0.600. The lowest BCUT2D eigenvalue weighted by molar-refractivity contribution is 0.0942. The van der Waals surface area contributed by atoms with Crippen molar-refractivity contribution in [2.45, 2.75) is 33.1 Å². The Bertz CT molecular complexity index is 393. The summed E-state index contributed by atoms with van der Waals surface area (Å²) in [6.45, 7) is 6.31. The van der Waals surface area contributed by atoms with Crippen LogP contribution in [-0.4, -0.2) is 23.9 Å². The summed E-state index contributed by atoms with van der Waals surface area (Å²) in [5, 5.41) is 3.41. The van der Waals surface area contributed by atoms with Crippen LogP contribution in [0.5, 0.6) is 0 Å². The molecule has 2 rings (SSSR count). The summed E-state index contributed by atoms with van der Waals surface area (Å²) in [7, 11) is 0. The molecule has 1 aromatic rings. The summed E-state index contributed by atoms with van der Waals surface area (Å²) in [6, 6.07) is 3.79. The van der Waals surface area contributed by atoms with E-state index in [-0.39, 0.29) is 5.78 Å². The number of rotatable bonds is 4. The fourth-order valence-electron chi connectivity index (χ4n) is 2.57. The van der Waals surface area contributed by atoms with Crippen molar-refractivity contribution < 1.29 is 4.79 Å². The van der Waals surface area contributed by atoms with Crippen molar-refractivity contribution in [2.24, 2.45) is 11.8 Å². The first-order valence-electron chi connectivity index (χ1n) is 6.83. The molecule has 0 amide bonds. The molecule has 2 heterocycles. The number of nitrogens with zero attached hydrogens (tertiary/aromatic N) is 1. The second-order valence-electron chi connectivity index (χ2n) is 5.40. The van der Waals surface area contributed by atoms with Gasteiger partial charge in [0.05, 0.1) is 0 Å². The minimum Gasteiger partial charge on any atom is -0.316 e. The minimum absolute atomic E-state index is 0.223. The third-order valence-corrected chi connectivity index (χ3v) is 3.88. The lowest BCUT2D eigenvalue weighted by Gasteiger charge is -2.27. The third-order valence-electron chi connectivity index (χ3n) is 3.88. The number of piperidine rings is 1. The summed E-state index contributed by atoms with van der Waals surface area (Å²) >= 11 is 0. The zero-order chi connectivity index (χ0) is 13.0. The van der Waals surface area contributed by atoms with Gasteiger partial charge in [-0.25, -0.2) is 0 Å². The average molecular weight is 246 g/mol. The molecule has 2 unspecified atom stereocenters. The van der Waals surface area contributed by atoms with Gasteiger partial charge in [0.1, 0.15) is 0 Å². The molecular formula is C15H22N2O. The van der Waals surface area contributed by atoms with Gasteiger partial charge in [-0.15, -0.1) is 0 Å². The van der Waals surface area contributed by atoms with Crippen LogP contribution in [0.3, 0.4) is 0 Å². The standard InChI is InChI=1S/C15H22N2O/c1-11(13-4-3-7-16-9-13)8-15(18)14-6-5-12(2)17-10-14/h5-6,10-11,13,16H,3-4,7-9H2,1-2H3. The predicted molar refractivity (Wildman–Crippen MR) is 72.7 cm³/mol. The Labute approximate surface area is 109 Å². The molecule has 0 radical (unpaired) electrons. The zero-order valence-corrected chi connectivity index (χ0v) is 11.3. The van der Waals surface area contributed by atoms with Gasteiger partial charge in [0, 0.05) is 23.9 Å². The molecule has 0 spiro atoms. The van der Waals surface area contributed by atoms with Gasteiger partial charge in [0.2, 0.25) is 0 Å². The SMILES string of the molecule is Cc1ccc(C(=O)CC(C)C2CCCNC2)cn1. The Morgan fingerprint density at radius 3 is 3.00 bits per heavy atom. The van der Waals surface area contributed by atoms with Crippen LogP contribution < -0.4 is 5.32 Å². The Balaban J connectivity index is 1.91. The molecule has 0 aromatic carbocycles. The lowest BCUT2D eigenvalue weighted by atomic mass is 9.83. The van der Waals surface area contributed by atoms with E-state index in [1.54, 1.807) is 6.20 Å². The molecule has 3 nitrogen and oxygen atoms in total. The molecule has 1 fully saturated rings. The molecule has 0 aliphatic carbocycles. The van der Waals surface area contributed by atoms with Crippen molar-refractivity contribution >= 4 is 5.78 Å². The largest absolute Gasteiger partial charge is 0.316 e. The Morgan fingerprint density at radius 1 is 1.56 bits per heavy atom. The average Bonchev–Trinajstić information content (AvgIpc) is 2.40. The topological polar surface area (TPSA) is 42.0 Å². The number of aromatic nitrogens is 1. The molecule has 1 aromatic heterocycles. The first kappa shape index (κ1) is 13.2. The van der Waals surface area contributed by atoms with E-state index in [4.69, 9.17) is 0 Å². The summed E-state index contributed by atoms with van der Waals surface area (Å²) < 4.78 is 0. The van der Waals surface area contributed by atoms with Crippen molar-refractivity contribution in [3.05, 3.63) is 29.6 Å². The molecule has 1 aliphatic rings. The molecule has 0 bridgehead atoms. The van der Waals surface area contributed by atoms with E-state index in [1.807, 2.05) is 19.1 Å². The van der Waals surface area contributed by atoms with Crippen molar-refractivity contribution in [1.29, 1.82) is 0 Å². The number of hydrogen-bond acceptors (Lipinski definition) is 3. The van der Waals surface area contributed by atoms with Gasteiger partial charge < -0.3 is 5.32 Å². The maximum Gasteiger partial charge on any atom is 0.164 e. The summed E-state index contributed by atoms with van der Waals surface area (Å²) in [5.41, 5.74) is 1.70. The van der Waals surface area contributed by atoms with Crippen molar-refractivity contribution in [2.75, 3.05) is 13.1 Å². The number of pyridine rings is 1. The van der Waals surface area contributed by atoms with Crippen molar-refractivity contribution in [1.82, 2.24) is 10.3 Å². The van der Waals surface area contributed by atoms with Crippen LogP contribution in [0.15, 0.2) is 18.3 Å². The number of ketones is 1. The van der Waals surface area contributed by atoms with Gasteiger partial charge in [-0.2, -0.15) is 0 Å². The first-order chi connectivity index (χ1) is 8.66. The number of nitrogens with one attached hydrogen (secondary N) is 1. The number of carbonyl (C=O) groups excluding carboxylic acids is 1. The van der Waals surface area contributed by atoms with Crippen molar-refractivity contribution in [3.8, 4) is 0 Å². The molecule has 0 saturated carbocycles. The van der Waals surface area contributed by atoms with Crippen LogP contribution in [0, 0.1) is 18.8 Å². The molecular weight excluding hydrogens is 224 g/mol. The predicted octanol–water partition coefficient (Wildman–Crippen LogP) is 2.60. The fourth-order valence-corrected chi connectivity index (χ4v) is 2.57. The Hall–Kier alpha value is -1.22. The van der Waals surface area contributed by atoms with Crippen LogP contribution in [-0.2, 0) is 0 Å². The highest BCUT2D eigenvalue weighted by atomic mass is 16.1. The molecule has 18 heavy (non-hydrogen) atoms. The van der Waals surface area contributed by atoms with E-state index < -0.39 is 0 Å². The summed E-state index contributed by atoms with van der Waals surface area (Å²) in [6.07, 6.45) is 4.81. The zero-order valence-electron chi connectivity index (χ0n) is 11.3. The summed E-state index contributed by atoms with van der Waals surface area (Å²) in [4.78, 5) is 16.3. The second-order valence-corrected chi connectivity index (χ2v) is 5.40. The highest BCUT2D eigenvalue weighted by molar-refractivity contribution is 5.95. The van der Waals surface area contributed by atoms with Gasteiger partial charge in [-0.3, -0.25) is 9.78 Å². The van der Waals surface area contributed by atoms with Crippen LogP contribution in [0.25, 0.3) is 0 Å². The van der Waals surface area contributed by atoms with Crippen molar-refractivity contribution in [3.63, 3.8) is 0 Å². The third kappa shape index (κ3) is 3.39. The lowest BCUT2D eigenvalue weighted by Crippen LogP contribution is -2.34. The Morgan fingerprint density at radius 2 is 2.39 bits per heavy atom. The minimum atomic E-state index is 0.223. The van der Waals surface area contributed by atoms with E-state index in [0.29, 0.717) is 18.3 Å². The molecule has 98 valence electrons. The Kier molecular flexibility index (Phi) is 4.48. The second kappa shape index (κ2) is 6.10. The van der Waals surface area contributed by atoms with E-state index in [1.165, 1.54) is 12.8 Å². The quantitative estimate of drug-likeness (QED) is 0.830. The van der Waals surface area contributed by atoms with Gasteiger partial charge >= 0.3 is 0 Å². The number of Topliss-reactive ketones (excluding diaryl/α,β-unsaturated/α-hetero) is 1. The van der Waals surface area contributed by atoms with Gasteiger partial charge in [-0.05, 0) is 56.8 Å². The smallest absolute Gasteiger partial charge is 0.164 e. The number of aryl methyl sites for hydroxylation is 1. The number of carbonyl (C=O) groups is 1. The highest BCUT2D eigenvalue weighted by Crippen LogP contribution is 2.23. The maximum absolute atomic E-state index is 12.1. The van der Waals surface area contributed by atoms with E-state index >= 15 is 0 Å². The van der Waals surface area contributed by atoms with Gasteiger partial charge in [0.15, 0.2) is 5.78 Å². The van der Waals surface area contributed by atoms with Crippen LogP contribution in [0.2, 0.25) is 0 Å². The van der Waals surface area contributed by atoms with Crippen LogP contribution in [0.1, 0.15) is 42.2 Å². The maximum atomic E-state index is 12.1.